The van der Waals surface area contributed by atoms with Gasteiger partial charge in [0, 0.05) is 20.1 Å². The fourth-order valence-electron chi connectivity index (χ4n) is 3.10. The number of nitrogens with zero attached hydrogens (tertiary/aromatic N) is 1. The molecule has 0 saturated heterocycles. The van der Waals surface area contributed by atoms with E-state index in [9.17, 15) is 14.4 Å². The quantitative estimate of drug-likeness (QED) is 0.811. The Morgan fingerprint density at radius 2 is 1.93 bits per heavy atom. The summed E-state index contributed by atoms with van der Waals surface area (Å²) < 4.78 is 5.81. The molecule has 1 heterocycles. The smallest absolute Gasteiger partial charge is 0.255 e. The van der Waals surface area contributed by atoms with Gasteiger partial charge in [-0.05, 0) is 30.9 Å². The molecule has 0 aromatic heterocycles. The maximum absolute atomic E-state index is 12.9. The highest BCUT2D eigenvalue weighted by Crippen LogP contribution is 2.19. The number of carbonyl (C=O) groups is 3. The molecular formula is C22H33N3O4. The Kier molecular flexibility index (Phi) is 8.96. The highest BCUT2D eigenvalue weighted by molar-refractivity contribution is 6.00. The first-order valence-corrected chi connectivity index (χ1v) is 10.4. The van der Waals surface area contributed by atoms with E-state index in [-0.39, 0.29) is 24.2 Å². The zero-order valence-corrected chi connectivity index (χ0v) is 17.7. The summed E-state index contributed by atoms with van der Waals surface area (Å²) in [6.07, 6.45) is 3.70. The van der Waals surface area contributed by atoms with E-state index in [1.807, 2.05) is 19.9 Å². The molecule has 7 nitrogen and oxygen atoms in total. The second-order valence-electron chi connectivity index (χ2n) is 7.94. The van der Waals surface area contributed by atoms with E-state index in [0.29, 0.717) is 31.0 Å². The van der Waals surface area contributed by atoms with Gasteiger partial charge >= 0.3 is 0 Å². The van der Waals surface area contributed by atoms with E-state index < -0.39 is 11.9 Å². The number of rotatable bonds is 3. The summed E-state index contributed by atoms with van der Waals surface area (Å²) in [6, 6.07) is 6.04. The lowest BCUT2D eigenvalue weighted by atomic mass is 10.1. The SMILES string of the molecule is CC(C)CNC(=O)[C@@H]1CC(=O)N(C)CCCCCCOc2ccccc2C(=O)N1. The number of hydrogen-bond donors (Lipinski definition) is 2. The van der Waals surface area contributed by atoms with Gasteiger partial charge < -0.3 is 20.3 Å². The van der Waals surface area contributed by atoms with Crippen molar-refractivity contribution < 1.29 is 19.1 Å². The summed E-state index contributed by atoms with van der Waals surface area (Å²) >= 11 is 0. The van der Waals surface area contributed by atoms with E-state index >= 15 is 0 Å². The van der Waals surface area contributed by atoms with E-state index in [0.717, 1.165) is 25.7 Å². The minimum atomic E-state index is -0.936. The summed E-state index contributed by atoms with van der Waals surface area (Å²) in [4.78, 5) is 39.8. The second-order valence-corrected chi connectivity index (χ2v) is 7.94. The average molecular weight is 404 g/mol. The van der Waals surface area contributed by atoms with Crippen molar-refractivity contribution in [1.82, 2.24) is 15.5 Å². The molecule has 0 saturated carbocycles. The number of para-hydroxylation sites is 1. The van der Waals surface area contributed by atoms with E-state index in [2.05, 4.69) is 10.6 Å². The zero-order valence-electron chi connectivity index (χ0n) is 17.7. The third kappa shape index (κ3) is 7.40. The maximum Gasteiger partial charge on any atom is 0.255 e. The Morgan fingerprint density at radius 3 is 2.69 bits per heavy atom. The van der Waals surface area contributed by atoms with Crippen LogP contribution < -0.4 is 15.4 Å². The maximum atomic E-state index is 12.9. The number of fused-ring (bicyclic) bond motifs is 1. The van der Waals surface area contributed by atoms with Crippen LogP contribution >= 0.6 is 0 Å². The number of amides is 3. The Morgan fingerprint density at radius 1 is 1.21 bits per heavy atom. The first kappa shape index (κ1) is 22.7. The van der Waals surface area contributed by atoms with Crippen molar-refractivity contribution >= 4 is 17.7 Å². The third-order valence-electron chi connectivity index (χ3n) is 4.89. The second kappa shape index (κ2) is 11.4. The molecule has 0 radical (unpaired) electrons. The number of nitrogens with one attached hydrogen (secondary N) is 2. The molecule has 0 aliphatic carbocycles. The Bertz CT molecular complexity index is 705. The van der Waals surface area contributed by atoms with Gasteiger partial charge in [-0.15, -0.1) is 0 Å². The molecule has 0 bridgehead atoms. The van der Waals surface area contributed by atoms with Gasteiger partial charge in [0.25, 0.3) is 5.91 Å². The lowest BCUT2D eigenvalue weighted by Crippen LogP contribution is -2.50. The van der Waals surface area contributed by atoms with Gasteiger partial charge in [-0.3, -0.25) is 14.4 Å². The molecule has 1 aromatic rings. The lowest BCUT2D eigenvalue weighted by molar-refractivity contribution is -0.133. The first-order valence-electron chi connectivity index (χ1n) is 10.4. The summed E-state index contributed by atoms with van der Waals surface area (Å²) in [5.74, 6) is -0.171. The monoisotopic (exact) mass is 403 g/mol. The van der Waals surface area contributed by atoms with Crippen LogP contribution in [-0.4, -0.2) is 55.4 Å². The fraction of sp³-hybridized carbons (Fsp3) is 0.591. The summed E-state index contributed by atoms with van der Waals surface area (Å²) in [7, 11) is 1.74. The minimum absolute atomic E-state index is 0.0742. The highest BCUT2D eigenvalue weighted by Gasteiger charge is 2.27. The first-order chi connectivity index (χ1) is 13.9. The number of carbonyl (C=O) groups excluding carboxylic acids is 3. The van der Waals surface area contributed by atoms with Gasteiger partial charge in [0.15, 0.2) is 0 Å². The largest absolute Gasteiger partial charge is 0.493 e. The molecule has 2 rings (SSSR count). The zero-order chi connectivity index (χ0) is 21.2. The van der Waals surface area contributed by atoms with Crippen molar-refractivity contribution in [3.8, 4) is 5.75 Å². The molecule has 2 N–H and O–H groups in total. The molecular weight excluding hydrogens is 370 g/mol. The number of ether oxygens (including phenoxy) is 1. The molecule has 0 unspecified atom stereocenters. The van der Waals surface area contributed by atoms with Crippen molar-refractivity contribution in [2.24, 2.45) is 5.92 Å². The van der Waals surface area contributed by atoms with Crippen LogP contribution in [0.4, 0.5) is 0 Å². The van der Waals surface area contributed by atoms with Crippen LogP contribution in [0.2, 0.25) is 0 Å². The Hall–Kier alpha value is -2.57. The summed E-state index contributed by atoms with van der Waals surface area (Å²) in [5, 5.41) is 5.56. The topological polar surface area (TPSA) is 87.7 Å². The number of hydrogen-bond acceptors (Lipinski definition) is 4. The summed E-state index contributed by atoms with van der Waals surface area (Å²) in [5.41, 5.74) is 0.366. The van der Waals surface area contributed by atoms with Crippen molar-refractivity contribution in [3.63, 3.8) is 0 Å². The third-order valence-corrected chi connectivity index (χ3v) is 4.89. The van der Waals surface area contributed by atoms with Crippen LogP contribution in [0, 0.1) is 5.92 Å². The molecule has 1 aliphatic rings. The van der Waals surface area contributed by atoms with E-state index in [4.69, 9.17) is 4.74 Å². The summed E-state index contributed by atoms with van der Waals surface area (Å²) in [6.45, 7) is 5.62. The molecule has 1 atom stereocenters. The minimum Gasteiger partial charge on any atom is -0.493 e. The van der Waals surface area contributed by atoms with Crippen LogP contribution in [-0.2, 0) is 9.59 Å². The van der Waals surface area contributed by atoms with Gasteiger partial charge in [0.2, 0.25) is 11.8 Å². The van der Waals surface area contributed by atoms with E-state index in [1.54, 1.807) is 30.1 Å². The Labute approximate surface area is 173 Å². The van der Waals surface area contributed by atoms with Crippen LogP contribution in [0.15, 0.2) is 24.3 Å². The predicted octanol–water partition coefficient (Wildman–Crippen LogP) is 2.36. The van der Waals surface area contributed by atoms with Crippen molar-refractivity contribution in [1.29, 1.82) is 0 Å². The van der Waals surface area contributed by atoms with Crippen molar-refractivity contribution in [3.05, 3.63) is 29.8 Å². The lowest BCUT2D eigenvalue weighted by Gasteiger charge is -2.23. The van der Waals surface area contributed by atoms with Gasteiger partial charge in [-0.1, -0.05) is 38.8 Å². The average Bonchev–Trinajstić information content (AvgIpc) is 2.70. The predicted molar refractivity (Wildman–Crippen MR) is 112 cm³/mol. The molecule has 1 aromatic carbocycles. The van der Waals surface area contributed by atoms with Crippen LogP contribution in [0.5, 0.6) is 5.75 Å². The number of benzene rings is 1. The fourth-order valence-corrected chi connectivity index (χ4v) is 3.10. The molecule has 3 amide bonds. The molecule has 0 spiro atoms. The van der Waals surface area contributed by atoms with Gasteiger partial charge in [0.05, 0.1) is 18.6 Å². The molecule has 0 fully saturated rings. The molecule has 29 heavy (non-hydrogen) atoms. The van der Waals surface area contributed by atoms with Gasteiger partial charge in [0.1, 0.15) is 11.8 Å². The molecule has 160 valence electrons. The normalized spacial score (nSPS) is 19.4. The van der Waals surface area contributed by atoms with Crippen LogP contribution in [0.1, 0.15) is 56.3 Å². The van der Waals surface area contributed by atoms with Crippen LogP contribution in [0.25, 0.3) is 0 Å². The van der Waals surface area contributed by atoms with E-state index in [1.165, 1.54) is 0 Å². The van der Waals surface area contributed by atoms with Gasteiger partial charge in [-0.25, -0.2) is 0 Å². The molecule has 1 aliphatic heterocycles. The van der Waals surface area contributed by atoms with Crippen molar-refractivity contribution in [2.45, 2.75) is 52.0 Å². The van der Waals surface area contributed by atoms with Crippen LogP contribution in [0.3, 0.4) is 0 Å². The highest BCUT2D eigenvalue weighted by atomic mass is 16.5. The van der Waals surface area contributed by atoms with Gasteiger partial charge in [-0.2, -0.15) is 0 Å². The Balaban J connectivity index is 2.23. The van der Waals surface area contributed by atoms with Crippen molar-refractivity contribution in [2.75, 3.05) is 26.7 Å². The molecule has 7 heteroatoms. The standard InChI is InChI=1S/C22H33N3O4/c1-16(2)15-23-22(28)18-14-20(26)25(3)12-8-4-5-9-13-29-19-11-7-6-10-17(19)21(27)24-18/h6-7,10-11,16,18H,4-5,8-9,12-15H2,1-3H3,(H,23,28)(H,24,27)/t18-/m0/s1.